The molecule has 1 aromatic carbocycles. The molecule has 2 amide bonds. The fourth-order valence-electron chi connectivity index (χ4n) is 2.94. The minimum atomic E-state index is -3.15. The molecule has 8 nitrogen and oxygen atoms in total. The maximum Gasteiger partial charge on any atom is 0.315 e. The normalized spacial score (nSPS) is 21.6. The molecule has 0 aromatic heterocycles. The minimum absolute atomic E-state index is 0.0257. The molecule has 1 atom stereocenters. The summed E-state index contributed by atoms with van der Waals surface area (Å²) in [6, 6.07) is 7.12. The lowest BCUT2D eigenvalue weighted by molar-refractivity contribution is 0.0916. The Morgan fingerprint density at radius 1 is 1.24 bits per heavy atom. The molecule has 1 aromatic rings. The van der Waals surface area contributed by atoms with Crippen LogP contribution in [0.25, 0.3) is 0 Å². The highest BCUT2D eigenvalue weighted by molar-refractivity contribution is 7.88. The Hall–Kier alpha value is -2.00. The maximum atomic E-state index is 12.0. The number of rotatable bonds is 4. The van der Waals surface area contributed by atoms with Gasteiger partial charge in [0, 0.05) is 19.1 Å². The van der Waals surface area contributed by atoms with Gasteiger partial charge in [-0.25, -0.2) is 17.5 Å². The smallest absolute Gasteiger partial charge is 0.315 e. The lowest BCUT2D eigenvalue weighted by atomic mass is 10.1. The molecular weight excluding hydrogens is 346 g/mol. The molecule has 138 valence electrons. The Morgan fingerprint density at radius 3 is 2.60 bits per heavy atom. The molecule has 0 radical (unpaired) electrons. The van der Waals surface area contributed by atoms with Gasteiger partial charge in [-0.2, -0.15) is 0 Å². The molecule has 9 heteroatoms. The number of piperidine rings is 1. The molecule has 2 heterocycles. The van der Waals surface area contributed by atoms with Crippen LogP contribution >= 0.6 is 0 Å². The van der Waals surface area contributed by atoms with Crippen molar-refractivity contribution in [1.82, 2.24) is 14.9 Å². The number of hydrogen-bond acceptors (Lipinski definition) is 5. The number of urea groups is 1. The number of carbonyl (C=O) groups excluding carboxylic acids is 1. The number of hydrogen-bond donors (Lipinski definition) is 2. The first-order valence-electron chi connectivity index (χ1n) is 8.30. The van der Waals surface area contributed by atoms with Crippen molar-refractivity contribution in [2.24, 2.45) is 0 Å². The molecule has 1 saturated heterocycles. The summed E-state index contributed by atoms with van der Waals surface area (Å²) in [5.41, 5.74) is 0. The largest absolute Gasteiger partial charge is 0.486 e. The predicted octanol–water partition coefficient (Wildman–Crippen LogP) is 0.550. The molecule has 0 spiro atoms. The van der Waals surface area contributed by atoms with Crippen molar-refractivity contribution in [2.45, 2.75) is 25.0 Å². The van der Waals surface area contributed by atoms with Crippen LogP contribution in [-0.2, 0) is 10.0 Å². The SMILES string of the molecule is CS(=O)(=O)N1CCC(NC(=O)NC[C@@H]2COc3ccccc3O2)CC1. The van der Waals surface area contributed by atoms with Crippen LogP contribution in [0.15, 0.2) is 24.3 Å². The summed E-state index contributed by atoms with van der Waals surface area (Å²) < 4.78 is 35.8. The lowest BCUT2D eigenvalue weighted by Crippen LogP contribution is -2.50. The Morgan fingerprint density at radius 2 is 1.92 bits per heavy atom. The summed E-state index contributed by atoms with van der Waals surface area (Å²) in [5, 5.41) is 5.67. The summed E-state index contributed by atoms with van der Waals surface area (Å²) in [4.78, 5) is 12.0. The molecule has 0 unspecified atom stereocenters. The zero-order valence-corrected chi connectivity index (χ0v) is 14.9. The van der Waals surface area contributed by atoms with Gasteiger partial charge >= 0.3 is 6.03 Å². The average molecular weight is 369 g/mol. The molecule has 2 aliphatic rings. The highest BCUT2D eigenvalue weighted by atomic mass is 32.2. The minimum Gasteiger partial charge on any atom is -0.486 e. The second kappa shape index (κ2) is 7.49. The topological polar surface area (TPSA) is 97.0 Å². The van der Waals surface area contributed by atoms with Gasteiger partial charge in [-0.3, -0.25) is 0 Å². The number of ether oxygens (including phenoxy) is 2. The van der Waals surface area contributed by atoms with E-state index < -0.39 is 10.0 Å². The Bertz CT molecular complexity index is 716. The van der Waals surface area contributed by atoms with E-state index in [-0.39, 0.29) is 18.2 Å². The van der Waals surface area contributed by atoms with Gasteiger partial charge in [-0.1, -0.05) is 12.1 Å². The predicted molar refractivity (Wildman–Crippen MR) is 92.3 cm³/mol. The van der Waals surface area contributed by atoms with Gasteiger partial charge < -0.3 is 20.1 Å². The Labute approximate surface area is 147 Å². The van der Waals surface area contributed by atoms with Crippen LogP contribution in [0.2, 0.25) is 0 Å². The highest BCUT2D eigenvalue weighted by Gasteiger charge is 2.26. The summed E-state index contributed by atoms with van der Waals surface area (Å²) in [6.07, 6.45) is 2.18. The van der Waals surface area contributed by atoms with Gasteiger partial charge in [0.15, 0.2) is 17.6 Å². The van der Waals surface area contributed by atoms with E-state index in [1.165, 1.54) is 10.6 Å². The van der Waals surface area contributed by atoms with Crippen molar-refractivity contribution in [1.29, 1.82) is 0 Å². The molecular formula is C16H23N3O5S. The van der Waals surface area contributed by atoms with E-state index >= 15 is 0 Å². The molecule has 2 aliphatic heterocycles. The second-order valence-corrected chi connectivity index (χ2v) is 8.27. The number of carbonyl (C=O) groups is 1. The van der Waals surface area contributed by atoms with Crippen molar-refractivity contribution in [3.8, 4) is 11.5 Å². The third-order valence-electron chi connectivity index (χ3n) is 4.32. The van der Waals surface area contributed by atoms with Gasteiger partial charge in [0.25, 0.3) is 0 Å². The lowest BCUT2D eigenvalue weighted by Gasteiger charge is -2.31. The first-order chi connectivity index (χ1) is 11.9. The third kappa shape index (κ3) is 4.76. The van der Waals surface area contributed by atoms with Crippen LogP contribution in [0, 0.1) is 0 Å². The summed E-state index contributed by atoms with van der Waals surface area (Å²) >= 11 is 0. The Kier molecular flexibility index (Phi) is 5.33. The monoisotopic (exact) mass is 369 g/mol. The zero-order valence-electron chi connectivity index (χ0n) is 14.1. The van der Waals surface area contributed by atoms with E-state index in [4.69, 9.17) is 9.47 Å². The summed E-state index contributed by atoms with van der Waals surface area (Å²) in [5.74, 6) is 1.38. The molecule has 25 heavy (non-hydrogen) atoms. The highest BCUT2D eigenvalue weighted by Crippen LogP contribution is 2.30. The van der Waals surface area contributed by atoms with Crippen LogP contribution in [0.5, 0.6) is 11.5 Å². The van der Waals surface area contributed by atoms with Gasteiger partial charge in [0.1, 0.15) is 6.61 Å². The second-order valence-electron chi connectivity index (χ2n) is 6.29. The number of benzene rings is 1. The average Bonchev–Trinajstić information content (AvgIpc) is 2.59. The fraction of sp³-hybridized carbons (Fsp3) is 0.562. The third-order valence-corrected chi connectivity index (χ3v) is 5.62. The zero-order chi connectivity index (χ0) is 17.9. The van der Waals surface area contributed by atoms with Gasteiger partial charge in [-0.05, 0) is 25.0 Å². The van der Waals surface area contributed by atoms with Crippen LogP contribution < -0.4 is 20.1 Å². The summed E-state index contributed by atoms with van der Waals surface area (Å²) in [7, 11) is -3.15. The summed E-state index contributed by atoms with van der Waals surface area (Å²) in [6.45, 7) is 1.58. The first kappa shape index (κ1) is 17.8. The van der Waals surface area contributed by atoms with Crippen molar-refractivity contribution < 1.29 is 22.7 Å². The maximum absolute atomic E-state index is 12.0. The van der Waals surface area contributed by atoms with E-state index in [2.05, 4.69) is 10.6 Å². The number of nitrogens with zero attached hydrogens (tertiary/aromatic N) is 1. The fourth-order valence-corrected chi connectivity index (χ4v) is 3.81. The number of sulfonamides is 1. The van der Waals surface area contributed by atoms with Crippen molar-refractivity contribution in [3.63, 3.8) is 0 Å². The molecule has 0 aliphatic carbocycles. The molecule has 3 rings (SSSR count). The number of para-hydroxylation sites is 2. The molecule has 0 bridgehead atoms. The van der Waals surface area contributed by atoms with Crippen LogP contribution in [0.1, 0.15) is 12.8 Å². The molecule has 0 saturated carbocycles. The molecule has 2 N–H and O–H groups in total. The number of fused-ring (bicyclic) bond motifs is 1. The number of amides is 2. The van der Waals surface area contributed by atoms with Gasteiger partial charge in [0.05, 0.1) is 12.8 Å². The van der Waals surface area contributed by atoms with Crippen LogP contribution in [0.3, 0.4) is 0 Å². The molecule has 1 fully saturated rings. The number of nitrogens with one attached hydrogen (secondary N) is 2. The quantitative estimate of drug-likeness (QED) is 0.808. The van der Waals surface area contributed by atoms with Crippen LogP contribution in [-0.4, -0.2) is 63.4 Å². The Balaban J connectivity index is 1.39. The van der Waals surface area contributed by atoms with E-state index in [0.29, 0.717) is 50.6 Å². The first-order valence-corrected chi connectivity index (χ1v) is 10.1. The van der Waals surface area contributed by atoms with Gasteiger partial charge in [0.2, 0.25) is 10.0 Å². The van der Waals surface area contributed by atoms with Gasteiger partial charge in [-0.15, -0.1) is 0 Å². The van der Waals surface area contributed by atoms with Crippen molar-refractivity contribution in [2.75, 3.05) is 32.5 Å². The van der Waals surface area contributed by atoms with Crippen molar-refractivity contribution >= 4 is 16.1 Å². The van der Waals surface area contributed by atoms with Crippen LogP contribution in [0.4, 0.5) is 4.79 Å². The van der Waals surface area contributed by atoms with E-state index in [9.17, 15) is 13.2 Å². The standard InChI is InChI=1S/C16H23N3O5S/c1-25(21,22)19-8-6-12(7-9-19)18-16(20)17-10-13-11-23-14-4-2-3-5-15(14)24-13/h2-5,12-13H,6-11H2,1H3,(H2,17,18,20)/t13-/m1/s1. The van der Waals surface area contributed by atoms with Crippen molar-refractivity contribution in [3.05, 3.63) is 24.3 Å². The van der Waals surface area contributed by atoms with E-state index in [1.807, 2.05) is 24.3 Å². The van der Waals surface area contributed by atoms with E-state index in [1.54, 1.807) is 0 Å². The van der Waals surface area contributed by atoms with E-state index in [0.717, 1.165) is 0 Å².